The van der Waals surface area contributed by atoms with E-state index >= 15 is 0 Å². The fourth-order valence-corrected chi connectivity index (χ4v) is 1.47. The van der Waals surface area contributed by atoms with Gasteiger partial charge in [-0.1, -0.05) is 6.92 Å². The molecule has 0 amide bonds. The third-order valence-electron chi connectivity index (χ3n) is 2.79. The normalized spacial score (nSPS) is 14.8. The molecule has 1 atom stereocenters. The first kappa shape index (κ1) is 11.7. The van der Waals surface area contributed by atoms with E-state index in [1.165, 1.54) is 0 Å². The molecule has 0 aromatic carbocycles. The molecule has 2 aromatic rings. The lowest BCUT2D eigenvalue weighted by Crippen LogP contribution is -2.32. The number of hydrogen-bond donors (Lipinski definition) is 3. The van der Waals surface area contributed by atoms with Crippen molar-refractivity contribution in [3.63, 3.8) is 0 Å². The highest BCUT2D eigenvalue weighted by Crippen LogP contribution is 2.16. The zero-order valence-electron chi connectivity index (χ0n) is 10.0. The van der Waals surface area contributed by atoms with Gasteiger partial charge in [0.15, 0.2) is 11.5 Å². The Labute approximate surface area is 99.5 Å². The number of imidazole rings is 1. The summed E-state index contributed by atoms with van der Waals surface area (Å²) in [7, 11) is 0. The molecule has 17 heavy (non-hydrogen) atoms. The van der Waals surface area contributed by atoms with Gasteiger partial charge in [0.1, 0.15) is 5.82 Å². The van der Waals surface area contributed by atoms with Gasteiger partial charge < -0.3 is 20.6 Å². The van der Waals surface area contributed by atoms with E-state index in [1.807, 2.05) is 6.92 Å². The summed E-state index contributed by atoms with van der Waals surface area (Å²) in [6.45, 7) is 4.11. The second kappa shape index (κ2) is 4.21. The van der Waals surface area contributed by atoms with Crippen LogP contribution in [0.2, 0.25) is 0 Å². The lowest BCUT2D eigenvalue weighted by molar-refractivity contribution is 0.0697. The SMILES string of the molecule is CCC(C)(O)CNc1nc(N)cn2ccnc12. The van der Waals surface area contributed by atoms with E-state index in [2.05, 4.69) is 15.3 Å². The van der Waals surface area contributed by atoms with Gasteiger partial charge in [-0.3, -0.25) is 0 Å². The van der Waals surface area contributed by atoms with Crippen molar-refractivity contribution in [2.75, 3.05) is 17.6 Å². The highest BCUT2D eigenvalue weighted by molar-refractivity contribution is 5.64. The Morgan fingerprint density at radius 2 is 2.35 bits per heavy atom. The van der Waals surface area contributed by atoms with Crippen molar-refractivity contribution in [3.05, 3.63) is 18.6 Å². The van der Waals surface area contributed by atoms with Gasteiger partial charge >= 0.3 is 0 Å². The summed E-state index contributed by atoms with van der Waals surface area (Å²) < 4.78 is 1.80. The van der Waals surface area contributed by atoms with E-state index in [1.54, 1.807) is 29.9 Å². The molecular weight excluding hydrogens is 218 g/mol. The van der Waals surface area contributed by atoms with Crippen LogP contribution in [0.15, 0.2) is 18.6 Å². The Hall–Kier alpha value is -1.82. The first-order valence-electron chi connectivity index (χ1n) is 5.57. The van der Waals surface area contributed by atoms with Crippen LogP contribution in [-0.4, -0.2) is 31.6 Å². The molecule has 0 saturated carbocycles. The number of fused-ring (bicyclic) bond motifs is 1. The summed E-state index contributed by atoms with van der Waals surface area (Å²) in [6.07, 6.45) is 5.84. The van der Waals surface area contributed by atoms with E-state index in [4.69, 9.17) is 5.73 Å². The first-order valence-corrected chi connectivity index (χ1v) is 5.57. The monoisotopic (exact) mass is 235 g/mol. The molecule has 0 aliphatic heterocycles. The van der Waals surface area contributed by atoms with Gasteiger partial charge in [0.25, 0.3) is 0 Å². The molecule has 0 aliphatic rings. The maximum Gasteiger partial charge on any atom is 0.180 e. The van der Waals surface area contributed by atoms with Gasteiger partial charge in [0.05, 0.1) is 11.8 Å². The van der Waals surface area contributed by atoms with Crippen molar-refractivity contribution in [3.8, 4) is 0 Å². The summed E-state index contributed by atoms with van der Waals surface area (Å²) >= 11 is 0. The minimum atomic E-state index is -0.768. The van der Waals surface area contributed by atoms with Crippen LogP contribution in [0.4, 0.5) is 11.6 Å². The lowest BCUT2D eigenvalue weighted by atomic mass is 10.0. The smallest absolute Gasteiger partial charge is 0.180 e. The van der Waals surface area contributed by atoms with E-state index < -0.39 is 5.60 Å². The van der Waals surface area contributed by atoms with Crippen LogP contribution in [0.3, 0.4) is 0 Å². The number of hydrogen-bond acceptors (Lipinski definition) is 5. The maximum absolute atomic E-state index is 9.93. The molecule has 0 bridgehead atoms. The Balaban J connectivity index is 2.26. The highest BCUT2D eigenvalue weighted by atomic mass is 16.3. The molecule has 0 fully saturated rings. The lowest BCUT2D eigenvalue weighted by Gasteiger charge is -2.22. The Bertz CT molecular complexity index is 520. The zero-order valence-corrected chi connectivity index (χ0v) is 10.0. The van der Waals surface area contributed by atoms with Crippen LogP contribution in [0.1, 0.15) is 20.3 Å². The van der Waals surface area contributed by atoms with E-state index in [0.29, 0.717) is 30.2 Å². The Morgan fingerprint density at radius 3 is 3.06 bits per heavy atom. The topological polar surface area (TPSA) is 88.5 Å². The number of nitrogens with one attached hydrogen (secondary N) is 1. The summed E-state index contributed by atoms with van der Waals surface area (Å²) in [6, 6.07) is 0. The second-order valence-electron chi connectivity index (χ2n) is 4.38. The molecule has 92 valence electrons. The Morgan fingerprint density at radius 1 is 1.59 bits per heavy atom. The van der Waals surface area contributed by atoms with Crippen LogP contribution in [0, 0.1) is 0 Å². The van der Waals surface area contributed by atoms with Crippen molar-refractivity contribution >= 4 is 17.3 Å². The average Bonchev–Trinajstić information content (AvgIpc) is 2.73. The third-order valence-corrected chi connectivity index (χ3v) is 2.79. The van der Waals surface area contributed by atoms with E-state index in [-0.39, 0.29) is 0 Å². The van der Waals surface area contributed by atoms with Gasteiger partial charge in [-0.05, 0) is 13.3 Å². The van der Waals surface area contributed by atoms with Gasteiger partial charge in [-0.2, -0.15) is 0 Å². The molecule has 0 aliphatic carbocycles. The van der Waals surface area contributed by atoms with Crippen LogP contribution in [-0.2, 0) is 0 Å². The van der Waals surface area contributed by atoms with Crippen molar-refractivity contribution in [2.45, 2.75) is 25.9 Å². The summed E-state index contributed by atoms with van der Waals surface area (Å²) in [5, 5.41) is 13.0. The minimum Gasteiger partial charge on any atom is -0.388 e. The minimum absolute atomic E-state index is 0.405. The standard InChI is InChI=1S/C11H17N5O/c1-3-11(2,17)7-14-9-10-13-4-5-16(10)6-8(12)15-9/h4-6,17H,3,7,12H2,1-2H3,(H,14,15). The van der Waals surface area contributed by atoms with Crippen molar-refractivity contribution in [2.24, 2.45) is 0 Å². The van der Waals surface area contributed by atoms with Crippen LogP contribution in [0.25, 0.3) is 5.65 Å². The number of aliphatic hydroxyl groups is 1. The number of rotatable bonds is 4. The molecular formula is C11H17N5O. The summed E-state index contributed by atoms with van der Waals surface area (Å²) in [5.74, 6) is 0.998. The molecule has 2 aromatic heterocycles. The molecule has 4 N–H and O–H groups in total. The van der Waals surface area contributed by atoms with Gasteiger partial charge in [-0.15, -0.1) is 0 Å². The van der Waals surface area contributed by atoms with Gasteiger partial charge in [-0.25, -0.2) is 9.97 Å². The molecule has 2 rings (SSSR count). The molecule has 6 heteroatoms. The van der Waals surface area contributed by atoms with Crippen LogP contribution < -0.4 is 11.1 Å². The number of nitrogen functional groups attached to an aromatic ring is 1. The number of nitrogens with two attached hydrogens (primary N) is 1. The summed E-state index contributed by atoms with van der Waals surface area (Å²) in [5.41, 5.74) is 5.63. The number of anilines is 2. The molecule has 0 radical (unpaired) electrons. The van der Waals surface area contributed by atoms with Crippen molar-refractivity contribution in [1.82, 2.24) is 14.4 Å². The average molecular weight is 235 g/mol. The fourth-order valence-electron chi connectivity index (χ4n) is 1.47. The quantitative estimate of drug-likeness (QED) is 0.732. The molecule has 2 heterocycles. The first-order chi connectivity index (χ1) is 8.02. The van der Waals surface area contributed by atoms with E-state index in [9.17, 15) is 5.11 Å². The predicted molar refractivity (Wildman–Crippen MR) is 66.8 cm³/mol. The van der Waals surface area contributed by atoms with Crippen molar-refractivity contribution in [1.29, 1.82) is 0 Å². The number of aromatic nitrogens is 3. The third kappa shape index (κ3) is 2.47. The van der Waals surface area contributed by atoms with E-state index in [0.717, 1.165) is 0 Å². The molecule has 6 nitrogen and oxygen atoms in total. The van der Waals surface area contributed by atoms with Crippen LogP contribution in [0.5, 0.6) is 0 Å². The maximum atomic E-state index is 9.93. The van der Waals surface area contributed by atoms with Gasteiger partial charge in [0, 0.05) is 18.9 Å². The largest absolute Gasteiger partial charge is 0.388 e. The molecule has 0 spiro atoms. The zero-order chi connectivity index (χ0) is 12.5. The predicted octanol–water partition coefficient (Wildman–Crippen LogP) is 0.884. The highest BCUT2D eigenvalue weighted by Gasteiger charge is 2.18. The van der Waals surface area contributed by atoms with Crippen LogP contribution >= 0.6 is 0 Å². The second-order valence-corrected chi connectivity index (χ2v) is 4.38. The Kier molecular flexibility index (Phi) is 2.89. The summed E-state index contributed by atoms with van der Waals surface area (Å²) in [4.78, 5) is 8.37. The van der Waals surface area contributed by atoms with Gasteiger partial charge in [0.2, 0.25) is 0 Å². The number of nitrogens with zero attached hydrogens (tertiary/aromatic N) is 3. The fraction of sp³-hybridized carbons (Fsp3) is 0.455. The molecule has 1 unspecified atom stereocenters. The van der Waals surface area contributed by atoms with Crippen molar-refractivity contribution < 1.29 is 5.11 Å². The molecule has 0 saturated heterocycles.